The van der Waals surface area contributed by atoms with Gasteiger partial charge in [0, 0.05) is 24.8 Å². The fraction of sp³-hybridized carbons (Fsp3) is 0.471. The maximum Gasteiger partial charge on any atom is 0.360 e. The fourth-order valence-electron chi connectivity index (χ4n) is 2.91. The molecule has 0 unspecified atom stereocenters. The van der Waals surface area contributed by atoms with Crippen LogP contribution in [0, 0.1) is 6.92 Å². The van der Waals surface area contributed by atoms with Crippen molar-refractivity contribution in [2.75, 3.05) is 24.6 Å². The van der Waals surface area contributed by atoms with Crippen molar-refractivity contribution in [3.8, 4) is 0 Å². The highest BCUT2D eigenvalue weighted by molar-refractivity contribution is 6.44. The Bertz CT molecular complexity index is 840. The van der Waals surface area contributed by atoms with Gasteiger partial charge in [-0.05, 0) is 26.7 Å². The van der Waals surface area contributed by atoms with Gasteiger partial charge in [-0.2, -0.15) is 4.98 Å². The molecule has 8 nitrogen and oxygen atoms in total. The number of hydrogen-bond donors (Lipinski definition) is 2. The molecule has 0 spiro atoms. The van der Waals surface area contributed by atoms with Gasteiger partial charge in [-0.15, -0.1) is 0 Å². The number of nitrogens with zero attached hydrogens (tertiary/aromatic N) is 2. The predicted octanol–water partition coefficient (Wildman–Crippen LogP) is 3.19. The number of aromatic nitrogens is 2. The van der Waals surface area contributed by atoms with Crippen LogP contribution >= 0.6 is 23.2 Å². The summed E-state index contributed by atoms with van der Waals surface area (Å²) in [7, 11) is 0. The van der Waals surface area contributed by atoms with E-state index in [1.165, 1.54) is 6.26 Å². The molecule has 1 aliphatic rings. The van der Waals surface area contributed by atoms with Gasteiger partial charge in [0.25, 0.3) is 11.9 Å². The molecule has 1 aliphatic heterocycles. The van der Waals surface area contributed by atoms with Gasteiger partial charge in [0.2, 0.25) is 0 Å². The number of carbonyl (C=O) groups is 2. The summed E-state index contributed by atoms with van der Waals surface area (Å²) in [5.41, 5.74) is 1.08. The molecule has 2 aromatic heterocycles. The zero-order valence-electron chi connectivity index (χ0n) is 15.0. The second kappa shape index (κ2) is 8.22. The molecule has 1 saturated heterocycles. The van der Waals surface area contributed by atoms with Crippen molar-refractivity contribution in [3.63, 3.8) is 0 Å². The minimum Gasteiger partial charge on any atom is -0.461 e. The number of rotatable bonds is 5. The Labute approximate surface area is 166 Å². The standard InChI is InChI=1S/C17H20Cl2N4O4/c1-3-26-16(25)11-8-27-17(22-11)23-6-4-10(5-7-23)21-15(24)14-13(19)12(18)9(2)20-14/h8,10,20H,3-7H2,1-2H3,(H,21,24). The first kappa shape index (κ1) is 19.6. The molecule has 0 radical (unpaired) electrons. The average molecular weight is 415 g/mol. The molecule has 2 N–H and O–H groups in total. The largest absolute Gasteiger partial charge is 0.461 e. The molecule has 146 valence electrons. The summed E-state index contributed by atoms with van der Waals surface area (Å²) in [6.45, 7) is 5.03. The summed E-state index contributed by atoms with van der Waals surface area (Å²) < 4.78 is 10.3. The lowest BCUT2D eigenvalue weighted by atomic mass is 10.1. The van der Waals surface area contributed by atoms with E-state index < -0.39 is 5.97 Å². The first-order valence-electron chi connectivity index (χ1n) is 8.62. The van der Waals surface area contributed by atoms with E-state index in [0.717, 1.165) is 0 Å². The number of oxazole rings is 1. The lowest BCUT2D eigenvalue weighted by Crippen LogP contribution is -2.45. The van der Waals surface area contributed by atoms with Gasteiger partial charge in [0.05, 0.1) is 16.7 Å². The highest BCUT2D eigenvalue weighted by Gasteiger charge is 2.26. The molecule has 0 saturated carbocycles. The predicted molar refractivity (Wildman–Crippen MR) is 101 cm³/mol. The molecule has 10 heteroatoms. The Morgan fingerprint density at radius 1 is 1.37 bits per heavy atom. The van der Waals surface area contributed by atoms with Gasteiger partial charge in [0.1, 0.15) is 12.0 Å². The fourth-order valence-corrected chi connectivity index (χ4v) is 3.33. The third-order valence-electron chi connectivity index (χ3n) is 4.36. The van der Waals surface area contributed by atoms with Crippen LogP contribution in [0.1, 0.15) is 46.4 Å². The molecule has 0 atom stereocenters. The molecule has 3 heterocycles. The Hall–Kier alpha value is -2.19. The number of anilines is 1. The van der Waals surface area contributed by atoms with Crippen molar-refractivity contribution < 1.29 is 18.7 Å². The van der Waals surface area contributed by atoms with E-state index in [0.29, 0.717) is 42.7 Å². The second-order valence-electron chi connectivity index (χ2n) is 6.22. The number of halogens is 2. The summed E-state index contributed by atoms with van der Waals surface area (Å²) in [5, 5.41) is 3.55. The normalized spacial score (nSPS) is 15.0. The third kappa shape index (κ3) is 4.22. The number of amides is 1. The number of aryl methyl sites for hydroxylation is 1. The summed E-state index contributed by atoms with van der Waals surface area (Å²) in [5.74, 6) is -0.791. The average Bonchev–Trinajstić information content (AvgIpc) is 3.24. The van der Waals surface area contributed by atoms with E-state index in [9.17, 15) is 9.59 Å². The molecular formula is C17H20Cl2N4O4. The van der Waals surface area contributed by atoms with Crippen molar-refractivity contribution in [1.29, 1.82) is 0 Å². The number of hydrogen-bond acceptors (Lipinski definition) is 6. The lowest BCUT2D eigenvalue weighted by molar-refractivity contribution is 0.0519. The van der Waals surface area contributed by atoms with Crippen LogP contribution in [0.2, 0.25) is 10.0 Å². The van der Waals surface area contributed by atoms with Crippen molar-refractivity contribution in [1.82, 2.24) is 15.3 Å². The molecule has 3 rings (SSSR count). The zero-order chi connectivity index (χ0) is 19.6. The van der Waals surface area contributed by atoms with Crippen LogP contribution in [-0.4, -0.2) is 47.6 Å². The van der Waals surface area contributed by atoms with Gasteiger partial charge in [-0.3, -0.25) is 4.79 Å². The Balaban J connectivity index is 1.55. The van der Waals surface area contributed by atoms with Crippen LogP contribution in [0.15, 0.2) is 10.7 Å². The van der Waals surface area contributed by atoms with Gasteiger partial charge in [0.15, 0.2) is 5.69 Å². The van der Waals surface area contributed by atoms with Gasteiger partial charge >= 0.3 is 5.97 Å². The topological polar surface area (TPSA) is 100 Å². The van der Waals surface area contributed by atoms with Crippen LogP contribution in [0.4, 0.5) is 6.01 Å². The van der Waals surface area contributed by atoms with Crippen molar-refractivity contribution >= 4 is 41.1 Å². The van der Waals surface area contributed by atoms with Crippen LogP contribution in [-0.2, 0) is 4.74 Å². The van der Waals surface area contributed by atoms with Crippen LogP contribution in [0.25, 0.3) is 0 Å². The Kier molecular flexibility index (Phi) is 5.96. The minimum atomic E-state index is -0.508. The minimum absolute atomic E-state index is 0.00770. The number of ether oxygens (including phenoxy) is 1. The van der Waals surface area contributed by atoms with Crippen molar-refractivity contribution in [2.24, 2.45) is 0 Å². The maximum atomic E-state index is 12.4. The van der Waals surface area contributed by atoms with E-state index in [1.807, 2.05) is 4.90 Å². The van der Waals surface area contributed by atoms with Crippen molar-refractivity contribution in [2.45, 2.75) is 32.7 Å². The molecule has 0 aliphatic carbocycles. The van der Waals surface area contributed by atoms with Crippen LogP contribution in [0.3, 0.4) is 0 Å². The lowest BCUT2D eigenvalue weighted by Gasteiger charge is -2.31. The maximum absolute atomic E-state index is 12.4. The van der Waals surface area contributed by atoms with E-state index in [1.54, 1.807) is 13.8 Å². The molecule has 27 heavy (non-hydrogen) atoms. The van der Waals surface area contributed by atoms with Gasteiger partial charge in [-0.25, -0.2) is 4.79 Å². The zero-order valence-corrected chi connectivity index (χ0v) is 16.5. The Morgan fingerprint density at radius 3 is 2.67 bits per heavy atom. The first-order chi connectivity index (χ1) is 12.9. The van der Waals surface area contributed by atoms with E-state index in [2.05, 4.69) is 15.3 Å². The molecule has 1 amide bonds. The number of aromatic amines is 1. The molecule has 1 fully saturated rings. The quantitative estimate of drug-likeness (QED) is 0.728. The third-order valence-corrected chi connectivity index (χ3v) is 5.31. The monoisotopic (exact) mass is 414 g/mol. The molecule has 0 bridgehead atoms. The first-order valence-corrected chi connectivity index (χ1v) is 9.38. The number of esters is 1. The highest BCUT2D eigenvalue weighted by Crippen LogP contribution is 2.29. The summed E-state index contributed by atoms with van der Waals surface area (Å²) in [6, 6.07) is 0.365. The van der Waals surface area contributed by atoms with E-state index >= 15 is 0 Å². The summed E-state index contributed by atoms with van der Waals surface area (Å²) >= 11 is 12.1. The van der Waals surface area contributed by atoms with E-state index in [-0.39, 0.29) is 35.0 Å². The summed E-state index contributed by atoms with van der Waals surface area (Å²) in [4.78, 5) is 33.1. The molecule has 2 aromatic rings. The SMILES string of the molecule is CCOC(=O)c1coc(N2CCC(NC(=O)c3[nH]c(C)c(Cl)c3Cl)CC2)n1. The second-order valence-corrected chi connectivity index (χ2v) is 6.98. The van der Waals surface area contributed by atoms with Gasteiger partial charge < -0.3 is 24.4 Å². The highest BCUT2D eigenvalue weighted by atomic mass is 35.5. The molecular weight excluding hydrogens is 395 g/mol. The Morgan fingerprint density at radius 2 is 2.07 bits per heavy atom. The number of piperidine rings is 1. The van der Waals surface area contributed by atoms with Crippen LogP contribution < -0.4 is 10.2 Å². The summed E-state index contributed by atoms with van der Waals surface area (Å²) in [6.07, 6.45) is 2.70. The number of carbonyl (C=O) groups excluding carboxylic acids is 2. The van der Waals surface area contributed by atoms with Gasteiger partial charge in [-0.1, -0.05) is 23.2 Å². The number of H-pyrrole nitrogens is 1. The smallest absolute Gasteiger partial charge is 0.360 e. The molecule has 0 aromatic carbocycles. The van der Waals surface area contributed by atoms with E-state index in [4.69, 9.17) is 32.4 Å². The van der Waals surface area contributed by atoms with Crippen molar-refractivity contribution in [3.05, 3.63) is 33.4 Å². The van der Waals surface area contributed by atoms with Crippen LogP contribution in [0.5, 0.6) is 0 Å². The number of nitrogens with one attached hydrogen (secondary N) is 2.